The Hall–Kier alpha value is -1.57. The molecule has 1 aromatic rings. The van der Waals surface area contributed by atoms with Gasteiger partial charge in [-0.3, -0.25) is 4.99 Å². The normalized spacial score (nSPS) is 19.4. The van der Waals surface area contributed by atoms with Gasteiger partial charge in [0.1, 0.15) is 5.75 Å². The molecule has 1 unspecified atom stereocenters. The summed E-state index contributed by atoms with van der Waals surface area (Å²) in [5, 5.41) is 10.8. The van der Waals surface area contributed by atoms with Crippen LogP contribution in [0.25, 0.3) is 0 Å². The Morgan fingerprint density at radius 1 is 0.957 bits per heavy atom. The highest BCUT2D eigenvalue weighted by molar-refractivity contribution is 5.85. The maximum atomic E-state index is 10.8. The molecule has 1 heterocycles. The zero-order valence-electron chi connectivity index (χ0n) is 15.9. The van der Waals surface area contributed by atoms with Crippen LogP contribution in [0.5, 0.6) is 5.75 Å². The molecule has 23 heavy (non-hydrogen) atoms. The summed E-state index contributed by atoms with van der Waals surface area (Å²) < 4.78 is 0. The molecule has 0 fully saturated rings. The number of hydrogen-bond donors (Lipinski definition) is 1. The van der Waals surface area contributed by atoms with Crippen LogP contribution in [-0.4, -0.2) is 10.8 Å². The predicted octanol–water partition coefficient (Wildman–Crippen LogP) is 5.84. The van der Waals surface area contributed by atoms with E-state index in [1.54, 1.807) is 0 Å². The van der Waals surface area contributed by atoms with E-state index in [-0.39, 0.29) is 10.8 Å². The first kappa shape index (κ1) is 17.8. The first-order valence-electron chi connectivity index (χ1n) is 8.50. The van der Waals surface area contributed by atoms with E-state index in [1.807, 2.05) is 0 Å². The standard InChI is InChI=1S/C21H31NO/c1-13-9-15(10-14(2)22-13)16-11-17(20(3,4)5)19(23)18(12-16)21(6,7)8/h9,11-12,15,23H,10H2,1-8H3. The van der Waals surface area contributed by atoms with Crippen molar-refractivity contribution in [3.63, 3.8) is 0 Å². The second-order valence-corrected chi connectivity index (χ2v) is 8.93. The number of allylic oxidation sites excluding steroid dienone is 2. The van der Waals surface area contributed by atoms with Crippen molar-refractivity contribution in [1.29, 1.82) is 0 Å². The molecule has 0 saturated carbocycles. The van der Waals surface area contributed by atoms with Crippen LogP contribution < -0.4 is 0 Å². The van der Waals surface area contributed by atoms with Crippen molar-refractivity contribution in [2.24, 2.45) is 4.99 Å². The first-order valence-corrected chi connectivity index (χ1v) is 8.50. The molecule has 1 aliphatic rings. The lowest BCUT2D eigenvalue weighted by Gasteiger charge is -2.30. The van der Waals surface area contributed by atoms with Crippen LogP contribution in [0.4, 0.5) is 0 Å². The SMILES string of the molecule is CC1=CC(c2cc(C(C)(C)C)c(O)c(C(C)(C)C)c2)CC(C)=N1. The van der Waals surface area contributed by atoms with E-state index in [0.717, 1.165) is 23.2 Å². The van der Waals surface area contributed by atoms with E-state index >= 15 is 0 Å². The molecule has 1 aromatic carbocycles. The molecule has 1 N–H and O–H groups in total. The van der Waals surface area contributed by atoms with E-state index in [1.165, 1.54) is 11.3 Å². The van der Waals surface area contributed by atoms with Gasteiger partial charge in [-0.2, -0.15) is 0 Å². The van der Waals surface area contributed by atoms with Gasteiger partial charge in [-0.1, -0.05) is 59.8 Å². The fourth-order valence-electron chi connectivity index (χ4n) is 3.28. The van der Waals surface area contributed by atoms with Gasteiger partial charge in [0, 0.05) is 17.3 Å². The highest BCUT2D eigenvalue weighted by Crippen LogP contribution is 2.42. The Balaban J connectivity index is 2.64. The number of benzene rings is 1. The number of aliphatic imine (C=N–C) groups is 1. The topological polar surface area (TPSA) is 32.6 Å². The van der Waals surface area contributed by atoms with Gasteiger partial charge in [-0.15, -0.1) is 0 Å². The summed E-state index contributed by atoms with van der Waals surface area (Å²) in [6.45, 7) is 17.1. The van der Waals surface area contributed by atoms with Crippen LogP contribution in [-0.2, 0) is 10.8 Å². The number of aromatic hydroxyl groups is 1. The molecule has 2 rings (SSSR count). The van der Waals surface area contributed by atoms with Gasteiger partial charge >= 0.3 is 0 Å². The smallest absolute Gasteiger partial charge is 0.123 e. The van der Waals surface area contributed by atoms with Gasteiger partial charge in [0.05, 0.1) is 0 Å². The molecule has 0 saturated heterocycles. The third-order valence-corrected chi connectivity index (χ3v) is 4.50. The van der Waals surface area contributed by atoms with Crippen molar-refractivity contribution in [3.8, 4) is 5.75 Å². The van der Waals surface area contributed by atoms with E-state index in [4.69, 9.17) is 0 Å². The second kappa shape index (κ2) is 5.81. The van der Waals surface area contributed by atoms with E-state index in [2.05, 4.69) is 78.6 Å². The highest BCUT2D eigenvalue weighted by Gasteiger charge is 2.28. The molecule has 2 nitrogen and oxygen atoms in total. The van der Waals surface area contributed by atoms with E-state index in [0.29, 0.717) is 11.7 Å². The van der Waals surface area contributed by atoms with E-state index < -0.39 is 0 Å². The molecule has 0 spiro atoms. The summed E-state index contributed by atoms with van der Waals surface area (Å²) in [5.74, 6) is 0.797. The summed E-state index contributed by atoms with van der Waals surface area (Å²) in [4.78, 5) is 4.55. The summed E-state index contributed by atoms with van der Waals surface area (Å²) in [5.41, 5.74) is 5.44. The van der Waals surface area contributed by atoms with Crippen molar-refractivity contribution >= 4 is 5.71 Å². The van der Waals surface area contributed by atoms with Crippen LogP contribution in [0.2, 0.25) is 0 Å². The van der Waals surface area contributed by atoms with Crippen molar-refractivity contribution in [2.45, 2.75) is 78.6 Å². The summed E-state index contributed by atoms with van der Waals surface area (Å²) in [6.07, 6.45) is 3.20. The Bertz CT molecular complexity index is 631. The minimum absolute atomic E-state index is 0.0867. The molecule has 2 heteroatoms. The average molecular weight is 313 g/mol. The third kappa shape index (κ3) is 3.85. The lowest BCUT2D eigenvalue weighted by Crippen LogP contribution is -2.19. The monoisotopic (exact) mass is 313 g/mol. The van der Waals surface area contributed by atoms with Crippen molar-refractivity contribution in [3.05, 3.63) is 40.6 Å². The first-order chi connectivity index (χ1) is 10.4. The van der Waals surface area contributed by atoms with Crippen LogP contribution in [0, 0.1) is 0 Å². The van der Waals surface area contributed by atoms with Crippen molar-refractivity contribution < 1.29 is 5.11 Å². The average Bonchev–Trinajstić information content (AvgIpc) is 2.34. The number of phenols is 1. The van der Waals surface area contributed by atoms with Crippen molar-refractivity contribution in [2.75, 3.05) is 0 Å². The highest BCUT2D eigenvalue weighted by atomic mass is 16.3. The molecule has 0 amide bonds. The van der Waals surface area contributed by atoms with Gasteiger partial charge in [0.25, 0.3) is 0 Å². The second-order valence-electron chi connectivity index (χ2n) is 8.93. The maximum absolute atomic E-state index is 10.8. The minimum atomic E-state index is -0.0867. The van der Waals surface area contributed by atoms with Gasteiger partial charge in [-0.25, -0.2) is 0 Å². The van der Waals surface area contributed by atoms with Gasteiger partial charge in [0.15, 0.2) is 0 Å². The molecular weight excluding hydrogens is 282 g/mol. The molecule has 0 aromatic heterocycles. The lowest BCUT2D eigenvalue weighted by atomic mass is 9.76. The Labute approximate surface area is 141 Å². The fourth-order valence-corrected chi connectivity index (χ4v) is 3.28. The number of phenolic OH excluding ortho intramolecular Hbond substituents is 1. The van der Waals surface area contributed by atoms with Crippen LogP contribution in [0.3, 0.4) is 0 Å². The predicted molar refractivity (Wildman–Crippen MR) is 99.7 cm³/mol. The summed E-state index contributed by atoms with van der Waals surface area (Å²) in [7, 11) is 0. The lowest BCUT2D eigenvalue weighted by molar-refractivity contribution is 0.422. The Kier molecular flexibility index (Phi) is 4.49. The third-order valence-electron chi connectivity index (χ3n) is 4.50. The quantitative estimate of drug-likeness (QED) is 0.694. The molecule has 1 aliphatic heterocycles. The largest absolute Gasteiger partial charge is 0.507 e. The van der Waals surface area contributed by atoms with Crippen molar-refractivity contribution in [1.82, 2.24) is 0 Å². The number of nitrogens with zero attached hydrogens (tertiary/aromatic N) is 1. The van der Waals surface area contributed by atoms with E-state index in [9.17, 15) is 5.11 Å². The fraction of sp³-hybridized carbons (Fsp3) is 0.571. The molecule has 0 radical (unpaired) electrons. The van der Waals surface area contributed by atoms with Crippen LogP contribution >= 0.6 is 0 Å². The molecule has 126 valence electrons. The Morgan fingerprint density at radius 2 is 1.43 bits per heavy atom. The van der Waals surface area contributed by atoms with Gasteiger partial charge in [0.2, 0.25) is 0 Å². The van der Waals surface area contributed by atoms with Gasteiger partial charge < -0.3 is 5.11 Å². The maximum Gasteiger partial charge on any atom is 0.123 e. The zero-order valence-corrected chi connectivity index (χ0v) is 15.9. The molecule has 0 bridgehead atoms. The van der Waals surface area contributed by atoms with Crippen LogP contribution in [0.15, 0.2) is 28.9 Å². The molecule has 0 aliphatic carbocycles. The minimum Gasteiger partial charge on any atom is -0.507 e. The van der Waals surface area contributed by atoms with Gasteiger partial charge in [-0.05, 0) is 47.8 Å². The Morgan fingerprint density at radius 3 is 1.83 bits per heavy atom. The zero-order chi connectivity index (χ0) is 17.6. The molecular formula is C21H31NO. The van der Waals surface area contributed by atoms with Crippen LogP contribution in [0.1, 0.15) is 84.4 Å². The molecule has 1 atom stereocenters. The number of hydrogen-bond acceptors (Lipinski definition) is 2. The number of rotatable bonds is 1. The summed E-state index contributed by atoms with van der Waals surface area (Å²) in [6, 6.07) is 4.38. The summed E-state index contributed by atoms with van der Waals surface area (Å²) >= 11 is 0.